The third-order valence-electron chi connectivity index (χ3n) is 4.95. The van der Waals surface area contributed by atoms with E-state index in [1.54, 1.807) is 34.4 Å². The molecule has 2 aromatic carbocycles. The zero-order valence-electron chi connectivity index (χ0n) is 15.7. The quantitative estimate of drug-likeness (QED) is 0.589. The van der Waals surface area contributed by atoms with Gasteiger partial charge in [-0.05, 0) is 50.1 Å². The van der Waals surface area contributed by atoms with Crippen LogP contribution in [0.3, 0.4) is 0 Å². The smallest absolute Gasteiger partial charge is 0.243 e. The Morgan fingerprint density at radius 1 is 1.00 bits per heavy atom. The van der Waals surface area contributed by atoms with Crippen molar-refractivity contribution >= 4 is 21.8 Å². The number of rotatable bonds is 5. The van der Waals surface area contributed by atoms with E-state index < -0.39 is 10.0 Å². The maximum atomic E-state index is 13.3. The fourth-order valence-electron chi connectivity index (χ4n) is 3.53. The van der Waals surface area contributed by atoms with Crippen molar-refractivity contribution in [3.05, 3.63) is 84.1 Å². The molecule has 0 amide bonds. The number of hydrogen-bond acceptors (Lipinski definition) is 4. The first-order valence-electron chi connectivity index (χ1n) is 9.32. The molecule has 1 atom stereocenters. The molecule has 0 radical (unpaired) electrons. The first-order chi connectivity index (χ1) is 13.6. The van der Waals surface area contributed by atoms with Crippen molar-refractivity contribution < 1.29 is 8.42 Å². The Hall–Kier alpha value is -2.15. The molecule has 4 nitrogen and oxygen atoms in total. The second-order valence-corrected chi connectivity index (χ2v) is 9.85. The number of sulfonamides is 1. The predicted octanol–water partition coefficient (Wildman–Crippen LogP) is 5.07. The van der Waals surface area contributed by atoms with Gasteiger partial charge in [0.15, 0.2) is 0 Å². The van der Waals surface area contributed by atoms with E-state index in [2.05, 4.69) is 4.98 Å². The number of aromatic nitrogens is 1. The lowest BCUT2D eigenvalue weighted by molar-refractivity contribution is 0.391. The second-order valence-electron chi connectivity index (χ2n) is 6.90. The van der Waals surface area contributed by atoms with Crippen LogP contribution in [0, 0.1) is 6.92 Å². The molecule has 1 aromatic heterocycles. The zero-order chi connectivity index (χ0) is 19.6. The number of benzene rings is 2. The molecule has 0 N–H and O–H groups in total. The molecule has 3 aromatic rings. The summed E-state index contributed by atoms with van der Waals surface area (Å²) in [5, 5.41) is 0.865. The second kappa shape index (κ2) is 8.07. The minimum atomic E-state index is -3.55. The predicted molar refractivity (Wildman–Crippen MR) is 112 cm³/mol. The molecule has 4 rings (SSSR count). The average Bonchev–Trinajstić information content (AvgIpc) is 3.20. The van der Waals surface area contributed by atoms with Crippen LogP contribution in [0.5, 0.6) is 0 Å². The number of pyridine rings is 1. The SMILES string of the molecule is Cc1ccc(S(=O)(=O)N2CCCC2c2cccnc2Sc2ccccc2)cc1. The summed E-state index contributed by atoms with van der Waals surface area (Å²) in [7, 11) is -3.55. The summed E-state index contributed by atoms with van der Waals surface area (Å²) >= 11 is 1.58. The molecule has 0 saturated carbocycles. The zero-order valence-corrected chi connectivity index (χ0v) is 17.3. The third-order valence-corrected chi connectivity index (χ3v) is 7.91. The van der Waals surface area contributed by atoms with E-state index in [9.17, 15) is 8.42 Å². The lowest BCUT2D eigenvalue weighted by Gasteiger charge is -2.25. The van der Waals surface area contributed by atoms with Crippen LogP contribution < -0.4 is 0 Å². The van der Waals surface area contributed by atoms with Crippen LogP contribution in [0.25, 0.3) is 0 Å². The fraction of sp³-hybridized carbons (Fsp3) is 0.227. The largest absolute Gasteiger partial charge is 0.249 e. The molecule has 1 saturated heterocycles. The van der Waals surface area contributed by atoms with Gasteiger partial charge < -0.3 is 0 Å². The molecule has 144 valence electrons. The van der Waals surface area contributed by atoms with Gasteiger partial charge in [-0.2, -0.15) is 4.31 Å². The molecule has 2 heterocycles. The van der Waals surface area contributed by atoms with Gasteiger partial charge in [0.1, 0.15) is 5.03 Å². The third kappa shape index (κ3) is 3.85. The monoisotopic (exact) mass is 410 g/mol. The van der Waals surface area contributed by atoms with Gasteiger partial charge in [-0.3, -0.25) is 0 Å². The summed E-state index contributed by atoms with van der Waals surface area (Å²) in [6.07, 6.45) is 3.42. The van der Waals surface area contributed by atoms with Crippen molar-refractivity contribution in [3.63, 3.8) is 0 Å². The van der Waals surface area contributed by atoms with E-state index >= 15 is 0 Å². The first-order valence-corrected chi connectivity index (χ1v) is 11.6. The van der Waals surface area contributed by atoms with Gasteiger partial charge >= 0.3 is 0 Å². The topological polar surface area (TPSA) is 50.3 Å². The van der Waals surface area contributed by atoms with Gasteiger partial charge in [0.05, 0.1) is 10.9 Å². The highest BCUT2D eigenvalue weighted by atomic mass is 32.2. The molecule has 0 spiro atoms. The van der Waals surface area contributed by atoms with Crippen LogP contribution in [0.1, 0.15) is 30.0 Å². The van der Waals surface area contributed by atoms with E-state index in [1.807, 2.05) is 61.5 Å². The van der Waals surface area contributed by atoms with Crippen molar-refractivity contribution in [3.8, 4) is 0 Å². The van der Waals surface area contributed by atoms with Crippen molar-refractivity contribution in [2.24, 2.45) is 0 Å². The summed E-state index contributed by atoms with van der Waals surface area (Å²) < 4.78 is 28.2. The highest BCUT2D eigenvalue weighted by Crippen LogP contribution is 2.41. The van der Waals surface area contributed by atoms with Gasteiger partial charge in [0.25, 0.3) is 0 Å². The summed E-state index contributed by atoms with van der Waals surface area (Å²) in [4.78, 5) is 6.00. The first kappa shape index (κ1) is 19.2. The Morgan fingerprint density at radius 3 is 2.50 bits per heavy atom. The standard InChI is InChI=1S/C22H22N2O2S2/c1-17-11-13-19(14-12-17)28(25,26)24-16-6-10-21(24)20-9-5-15-23-22(20)27-18-7-3-2-4-8-18/h2-5,7-9,11-15,21H,6,10,16H2,1H3. The summed E-state index contributed by atoms with van der Waals surface area (Å²) in [5.41, 5.74) is 2.02. The van der Waals surface area contributed by atoms with E-state index in [1.165, 1.54) is 0 Å². The summed E-state index contributed by atoms with van der Waals surface area (Å²) in [5.74, 6) is 0. The highest BCUT2D eigenvalue weighted by Gasteiger charge is 2.37. The maximum absolute atomic E-state index is 13.3. The molecule has 1 unspecified atom stereocenters. The minimum Gasteiger partial charge on any atom is -0.249 e. The van der Waals surface area contributed by atoms with Gasteiger partial charge in [-0.15, -0.1) is 0 Å². The minimum absolute atomic E-state index is 0.189. The fourth-order valence-corrected chi connectivity index (χ4v) is 6.15. The van der Waals surface area contributed by atoms with Gasteiger partial charge in [0.2, 0.25) is 10.0 Å². The molecular formula is C22H22N2O2S2. The van der Waals surface area contributed by atoms with Crippen LogP contribution in [0.4, 0.5) is 0 Å². The Bertz CT molecular complexity index is 1050. The Morgan fingerprint density at radius 2 is 1.75 bits per heavy atom. The van der Waals surface area contributed by atoms with Crippen molar-refractivity contribution in [2.75, 3.05) is 6.54 Å². The van der Waals surface area contributed by atoms with Crippen LogP contribution in [0.2, 0.25) is 0 Å². The Balaban J connectivity index is 1.68. The average molecular weight is 411 g/mol. The lowest BCUT2D eigenvalue weighted by atomic mass is 10.1. The maximum Gasteiger partial charge on any atom is 0.243 e. The van der Waals surface area contributed by atoms with Gasteiger partial charge in [-0.1, -0.05) is 53.7 Å². The van der Waals surface area contributed by atoms with Crippen LogP contribution >= 0.6 is 11.8 Å². The number of hydrogen-bond donors (Lipinski definition) is 0. The van der Waals surface area contributed by atoms with Crippen molar-refractivity contribution in [1.29, 1.82) is 0 Å². The molecule has 6 heteroatoms. The van der Waals surface area contributed by atoms with Crippen molar-refractivity contribution in [1.82, 2.24) is 9.29 Å². The molecule has 1 fully saturated rings. The lowest BCUT2D eigenvalue weighted by Crippen LogP contribution is -2.31. The van der Waals surface area contributed by atoms with E-state index in [4.69, 9.17) is 0 Å². The van der Waals surface area contributed by atoms with E-state index in [0.717, 1.165) is 33.9 Å². The summed E-state index contributed by atoms with van der Waals surface area (Å²) in [6, 6.07) is 20.8. The van der Waals surface area contributed by atoms with Crippen LogP contribution in [-0.4, -0.2) is 24.3 Å². The number of nitrogens with zero attached hydrogens (tertiary/aromatic N) is 2. The molecule has 1 aliphatic rings. The normalized spacial score (nSPS) is 17.7. The van der Waals surface area contributed by atoms with Gasteiger partial charge in [-0.25, -0.2) is 13.4 Å². The van der Waals surface area contributed by atoms with E-state index in [-0.39, 0.29) is 6.04 Å². The molecule has 0 bridgehead atoms. The Kier molecular flexibility index (Phi) is 5.53. The molecule has 28 heavy (non-hydrogen) atoms. The molecule has 0 aliphatic carbocycles. The Labute approximate surface area is 170 Å². The summed E-state index contributed by atoms with van der Waals surface area (Å²) in [6.45, 7) is 2.49. The van der Waals surface area contributed by atoms with E-state index in [0.29, 0.717) is 11.4 Å². The molecular weight excluding hydrogens is 388 g/mol. The van der Waals surface area contributed by atoms with Crippen molar-refractivity contribution in [2.45, 2.75) is 40.6 Å². The highest BCUT2D eigenvalue weighted by molar-refractivity contribution is 7.99. The van der Waals surface area contributed by atoms with Gasteiger partial charge in [0, 0.05) is 23.2 Å². The van der Waals surface area contributed by atoms with Crippen LogP contribution in [0.15, 0.2) is 87.7 Å². The van der Waals surface area contributed by atoms with Crippen LogP contribution in [-0.2, 0) is 10.0 Å². The molecule has 1 aliphatic heterocycles. The number of aryl methyl sites for hydroxylation is 1.